The average molecular weight is 393 g/mol. The largest absolute Gasteiger partial charge is 0.381 e. The van der Waals surface area contributed by atoms with Crippen LogP contribution in [0.3, 0.4) is 0 Å². The summed E-state index contributed by atoms with van der Waals surface area (Å²) in [6.07, 6.45) is 1.59. The highest BCUT2D eigenvalue weighted by atomic mass is 16.5. The molecule has 2 aromatic carbocycles. The standard InChI is InChI=1S/C23H27N3O3/c27-21(25-19-9-5-2-6-10-19)20-16-26(17-23(20)11-13-29-14-12-23)22(28)24-15-18-7-3-1-4-8-18/h1-10,20H,11-17H2,(H,24,28)(H,25,27)/t20-/m0/s1. The van der Waals surface area contributed by atoms with Crippen molar-refractivity contribution in [3.05, 3.63) is 66.2 Å². The lowest BCUT2D eigenvalue weighted by Crippen LogP contribution is -2.42. The van der Waals surface area contributed by atoms with Crippen LogP contribution in [-0.2, 0) is 16.1 Å². The Labute approximate surface area is 171 Å². The third-order valence-electron chi connectivity index (χ3n) is 6.07. The van der Waals surface area contributed by atoms with Gasteiger partial charge in [-0.3, -0.25) is 4.79 Å². The normalized spacial score (nSPS) is 20.4. The van der Waals surface area contributed by atoms with Crippen molar-refractivity contribution in [1.29, 1.82) is 0 Å². The predicted octanol–water partition coefficient (Wildman–Crippen LogP) is 3.26. The fraction of sp³-hybridized carbons (Fsp3) is 0.391. The zero-order valence-electron chi connectivity index (χ0n) is 16.5. The number of hydrogen-bond donors (Lipinski definition) is 2. The van der Waals surface area contributed by atoms with E-state index < -0.39 is 0 Å². The van der Waals surface area contributed by atoms with Crippen molar-refractivity contribution < 1.29 is 14.3 Å². The van der Waals surface area contributed by atoms with Gasteiger partial charge in [-0.05, 0) is 30.5 Å². The molecule has 4 rings (SSSR count). The molecule has 6 heteroatoms. The zero-order chi connectivity index (χ0) is 20.1. The molecule has 2 N–H and O–H groups in total. The summed E-state index contributed by atoms with van der Waals surface area (Å²) in [6.45, 7) is 2.76. The number of hydrogen-bond acceptors (Lipinski definition) is 3. The van der Waals surface area contributed by atoms with Gasteiger partial charge >= 0.3 is 6.03 Å². The van der Waals surface area contributed by atoms with Gasteiger partial charge in [0.15, 0.2) is 0 Å². The summed E-state index contributed by atoms with van der Waals surface area (Å²) in [5.74, 6) is -0.259. The second-order valence-corrected chi connectivity index (χ2v) is 7.91. The summed E-state index contributed by atoms with van der Waals surface area (Å²) < 4.78 is 5.55. The van der Waals surface area contributed by atoms with Crippen molar-refractivity contribution >= 4 is 17.6 Å². The van der Waals surface area contributed by atoms with Crippen molar-refractivity contribution in [3.8, 4) is 0 Å². The van der Waals surface area contributed by atoms with E-state index in [-0.39, 0.29) is 23.3 Å². The number of ether oxygens (including phenoxy) is 1. The molecule has 0 bridgehead atoms. The van der Waals surface area contributed by atoms with E-state index in [4.69, 9.17) is 4.74 Å². The molecule has 2 aliphatic heterocycles. The van der Waals surface area contributed by atoms with Crippen LogP contribution in [0, 0.1) is 11.3 Å². The maximum absolute atomic E-state index is 13.1. The molecule has 0 saturated carbocycles. The van der Waals surface area contributed by atoms with Crippen molar-refractivity contribution in [1.82, 2.24) is 10.2 Å². The first-order valence-corrected chi connectivity index (χ1v) is 10.2. The number of urea groups is 1. The minimum Gasteiger partial charge on any atom is -0.381 e. The van der Waals surface area contributed by atoms with E-state index in [9.17, 15) is 9.59 Å². The summed E-state index contributed by atoms with van der Waals surface area (Å²) in [7, 11) is 0. The topological polar surface area (TPSA) is 70.7 Å². The third kappa shape index (κ3) is 4.43. The summed E-state index contributed by atoms with van der Waals surface area (Å²) in [5.41, 5.74) is 1.62. The Morgan fingerprint density at radius 3 is 2.34 bits per heavy atom. The summed E-state index contributed by atoms with van der Waals surface area (Å²) in [5, 5.41) is 6.03. The number of para-hydroxylation sites is 1. The van der Waals surface area contributed by atoms with Gasteiger partial charge < -0.3 is 20.3 Å². The lowest BCUT2D eigenvalue weighted by Gasteiger charge is -2.37. The summed E-state index contributed by atoms with van der Waals surface area (Å²) in [4.78, 5) is 27.7. The fourth-order valence-electron chi connectivity index (χ4n) is 4.41. The van der Waals surface area contributed by atoms with Crippen molar-refractivity contribution in [2.24, 2.45) is 11.3 Å². The first kappa shape index (κ1) is 19.5. The van der Waals surface area contributed by atoms with Gasteiger partial charge in [0.1, 0.15) is 0 Å². The van der Waals surface area contributed by atoms with Gasteiger partial charge in [-0.2, -0.15) is 0 Å². The Hall–Kier alpha value is -2.86. The molecule has 3 amide bonds. The maximum atomic E-state index is 13.1. The highest BCUT2D eigenvalue weighted by molar-refractivity contribution is 5.94. The van der Waals surface area contributed by atoms with E-state index in [2.05, 4.69) is 10.6 Å². The minimum absolute atomic E-state index is 0.0172. The Kier molecular flexibility index (Phi) is 5.81. The van der Waals surface area contributed by atoms with E-state index in [0.29, 0.717) is 32.8 Å². The molecule has 1 atom stereocenters. The number of amides is 3. The van der Waals surface area contributed by atoms with Crippen LogP contribution in [0.2, 0.25) is 0 Å². The molecule has 2 aliphatic rings. The van der Waals surface area contributed by atoms with Crippen LogP contribution in [0.15, 0.2) is 60.7 Å². The van der Waals surface area contributed by atoms with Gasteiger partial charge in [-0.1, -0.05) is 48.5 Å². The van der Waals surface area contributed by atoms with Crippen LogP contribution in [0.1, 0.15) is 18.4 Å². The van der Waals surface area contributed by atoms with E-state index in [1.807, 2.05) is 60.7 Å². The van der Waals surface area contributed by atoms with Crippen LogP contribution in [-0.4, -0.2) is 43.1 Å². The van der Waals surface area contributed by atoms with E-state index >= 15 is 0 Å². The smallest absolute Gasteiger partial charge is 0.317 e. The first-order chi connectivity index (χ1) is 14.2. The summed E-state index contributed by atoms with van der Waals surface area (Å²) in [6, 6.07) is 19.2. The van der Waals surface area contributed by atoms with Crippen LogP contribution in [0.5, 0.6) is 0 Å². The zero-order valence-corrected chi connectivity index (χ0v) is 16.5. The molecule has 2 aromatic rings. The van der Waals surface area contributed by atoms with Crippen LogP contribution in [0.25, 0.3) is 0 Å². The average Bonchev–Trinajstić information content (AvgIpc) is 3.13. The van der Waals surface area contributed by atoms with Crippen LogP contribution < -0.4 is 10.6 Å². The Morgan fingerprint density at radius 2 is 1.66 bits per heavy atom. The Balaban J connectivity index is 1.45. The molecule has 0 aromatic heterocycles. The fourth-order valence-corrected chi connectivity index (χ4v) is 4.41. The Bertz CT molecular complexity index is 835. The van der Waals surface area contributed by atoms with E-state index in [0.717, 1.165) is 24.1 Å². The van der Waals surface area contributed by atoms with E-state index in [1.165, 1.54) is 0 Å². The molecule has 1 spiro atoms. The molecular formula is C23H27N3O3. The number of nitrogens with zero attached hydrogens (tertiary/aromatic N) is 1. The van der Waals surface area contributed by atoms with Crippen LogP contribution in [0.4, 0.5) is 10.5 Å². The molecule has 0 unspecified atom stereocenters. The summed E-state index contributed by atoms with van der Waals surface area (Å²) >= 11 is 0. The van der Waals surface area contributed by atoms with Gasteiger partial charge in [0, 0.05) is 44.0 Å². The molecule has 152 valence electrons. The number of likely N-dealkylation sites (tertiary alicyclic amines) is 1. The number of benzene rings is 2. The van der Waals surface area contributed by atoms with Gasteiger partial charge in [0.2, 0.25) is 5.91 Å². The molecular weight excluding hydrogens is 366 g/mol. The molecule has 6 nitrogen and oxygen atoms in total. The molecule has 2 saturated heterocycles. The molecule has 2 fully saturated rings. The highest BCUT2D eigenvalue weighted by Gasteiger charge is 2.51. The Morgan fingerprint density at radius 1 is 1.00 bits per heavy atom. The predicted molar refractivity (Wildman–Crippen MR) is 111 cm³/mol. The number of carbonyl (C=O) groups is 2. The second-order valence-electron chi connectivity index (χ2n) is 7.91. The minimum atomic E-state index is -0.242. The van der Waals surface area contributed by atoms with Gasteiger partial charge in [0.05, 0.1) is 5.92 Å². The van der Waals surface area contributed by atoms with Crippen LogP contribution >= 0.6 is 0 Å². The maximum Gasteiger partial charge on any atom is 0.317 e. The molecule has 2 heterocycles. The number of rotatable bonds is 4. The monoisotopic (exact) mass is 393 g/mol. The molecule has 29 heavy (non-hydrogen) atoms. The second kappa shape index (κ2) is 8.66. The highest BCUT2D eigenvalue weighted by Crippen LogP contribution is 2.44. The first-order valence-electron chi connectivity index (χ1n) is 10.2. The lowest BCUT2D eigenvalue weighted by atomic mass is 9.71. The molecule has 0 radical (unpaired) electrons. The molecule has 0 aliphatic carbocycles. The third-order valence-corrected chi connectivity index (χ3v) is 6.07. The number of carbonyl (C=O) groups excluding carboxylic acids is 2. The number of anilines is 1. The SMILES string of the molecule is O=C(Nc1ccccc1)[C@@H]1CN(C(=O)NCc2ccccc2)CC12CCOCC2. The van der Waals surface area contributed by atoms with Crippen molar-refractivity contribution in [3.63, 3.8) is 0 Å². The van der Waals surface area contributed by atoms with Crippen molar-refractivity contribution in [2.75, 3.05) is 31.6 Å². The van der Waals surface area contributed by atoms with E-state index in [1.54, 1.807) is 4.90 Å². The van der Waals surface area contributed by atoms with Crippen molar-refractivity contribution in [2.45, 2.75) is 19.4 Å². The lowest BCUT2D eigenvalue weighted by molar-refractivity contribution is -0.124. The van der Waals surface area contributed by atoms with Gasteiger partial charge in [-0.15, -0.1) is 0 Å². The quantitative estimate of drug-likeness (QED) is 0.838. The number of nitrogens with one attached hydrogen (secondary N) is 2. The van der Waals surface area contributed by atoms with Gasteiger partial charge in [-0.25, -0.2) is 4.79 Å². The van der Waals surface area contributed by atoms with Gasteiger partial charge in [0.25, 0.3) is 0 Å².